The summed E-state index contributed by atoms with van der Waals surface area (Å²) in [6.45, 7) is 11.5. The molecule has 5 unspecified atom stereocenters. The normalized spacial score (nSPS) is 38.2. The number of carbonyl (C=O) groups is 2. The standard InChI is InChI=1S/C20H26O5/c1-6-12(3)18(21)24-15-10-20(5)16(25-20)8-7-11(2)9-14-17(15)13(4)19(22)23-14/h6,9,14-17H,4,7-8,10H2,1-3,5H3. The molecule has 0 aromatic rings. The van der Waals surface area contributed by atoms with E-state index < -0.39 is 18.2 Å². The first-order valence-electron chi connectivity index (χ1n) is 8.84. The zero-order valence-corrected chi connectivity index (χ0v) is 15.3. The molecule has 0 spiro atoms. The fourth-order valence-corrected chi connectivity index (χ4v) is 3.73. The summed E-state index contributed by atoms with van der Waals surface area (Å²) in [5.41, 5.74) is 1.72. The van der Waals surface area contributed by atoms with E-state index >= 15 is 0 Å². The molecule has 5 heteroatoms. The van der Waals surface area contributed by atoms with Crippen molar-refractivity contribution in [2.45, 2.75) is 70.9 Å². The van der Waals surface area contributed by atoms with E-state index in [0.29, 0.717) is 17.6 Å². The predicted molar refractivity (Wildman–Crippen MR) is 92.7 cm³/mol. The number of allylic oxidation sites excluding steroid dienone is 2. The van der Waals surface area contributed by atoms with Gasteiger partial charge in [-0.15, -0.1) is 0 Å². The maximum Gasteiger partial charge on any atom is 0.334 e. The van der Waals surface area contributed by atoms with Gasteiger partial charge in [0.2, 0.25) is 0 Å². The van der Waals surface area contributed by atoms with Crippen LogP contribution >= 0.6 is 0 Å². The SMILES string of the molecule is C=C1C(=O)OC2C=C(C)CCC3OC3(C)CC(OC(=O)C(C)=CC)C12. The van der Waals surface area contributed by atoms with Gasteiger partial charge in [-0.1, -0.05) is 18.2 Å². The molecule has 2 fully saturated rings. The van der Waals surface area contributed by atoms with Crippen LogP contribution in [0, 0.1) is 5.92 Å². The van der Waals surface area contributed by atoms with Crippen LogP contribution in [0.4, 0.5) is 0 Å². The Labute approximate surface area is 148 Å². The van der Waals surface area contributed by atoms with Crippen LogP contribution in [0.1, 0.15) is 47.0 Å². The zero-order valence-electron chi connectivity index (χ0n) is 15.3. The van der Waals surface area contributed by atoms with Crippen molar-refractivity contribution in [2.24, 2.45) is 5.92 Å². The molecule has 5 atom stereocenters. The van der Waals surface area contributed by atoms with Gasteiger partial charge < -0.3 is 14.2 Å². The first-order chi connectivity index (χ1) is 11.7. The minimum atomic E-state index is -0.511. The average Bonchev–Trinajstić information content (AvgIpc) is 3.11. The van der Waals surface area contributed by atoms with Crippen LogP contribution in [0.3, 0.4) is 0 Å². The zero-order chi connectivity index (χ0) is 18.4. The lowest BCUT2D eigenvalue weighted by Gasteiger charge is -2.28. The first kappa shape index (κ1) is 17.9. The molecule has 5 nitrogen and oxygen atoms in total. The number of ether oxygens (including phenoxy) is 3. The van der Waals surface area contributed by atoms with E-state index in [1.54, 1.807) is 19.9 Å². The number of carbonyl (C=O) groups excluding carboxylic acids is 2. The van der Waals surface area contributed by atoms with E-state index in [9.17, 15) is 9.59 Å². The number of rotatable bonds is 2. The van der Waals surface area contributed by atoms with Crippen LogP contribution in [0.2, 0.25) is 0 Å². The Bertz CT molecular complexity index is 674. The molecule has 2 aliphatic heterocycles. The van der Waals surface area contributed by atoms with Gasteiger partial charge in [0.05, 0.1) is 17.6 Å². The fraction of sp³-hybridized carbons (Fsp3) is 0.600. The van der Waals surface area contributed by atoms with Crippen LogP contribution in [0.5, 0.6) is 0 Å². The number of hydrogen-bond donors (Lipinski definition) is 0. The Balaban J connectivity index is 1.95. The second-order valence-electron chi connectivity index (χ2n) is 7.51. The largest absolute Gasteiger partial charge is 0.458 e. The molecule has 0 bridgehead atoms. The number of fused-ring (bicyclic) bond motifs is 2. The molecule has 1 aliphatic carbocycles. The van der Waals surface area contributed by atoms with E-state index in [0.717, 1.165) is 18.4 Å². The Morgan fingerprint density at radius 3 is 2.88 bits per heavy atom. The Kier molecular flexibility index (Phi) is 4.62. The van der Waals surface area contributed by atoms with Crippen LogP contribution in [0.25, 0.3) is 0 Å². The van der Waals surface area contributed by atoms with Crippen molar-refractivity contribution in [1.82, 2.24) is 0 Å². The minimum Gasteiger partial charge on any atom is -0.458 e. The van der Waals surface area contributed by atoms with Gasteiger partial charge in [0.15, 0.2) is 0 Å². The molecular weight excluding hydrogens is 320 g/mol. The van der Waals surface area contributed by atoms with Gasteiger partial charge in [0.1, 0.15) is 12.2 Å². The van der Waals surface area contributed by atoms with Crippen LogP contribution in [-0.4, -0.2) is 35.9 Å². The second kappa shape index (κ2) is 6.45. The van der Waals surface area contributed by atoms with E-state index in [-0.39, 0.29) is 23.6 Å². The third kappa shape index (κ3) is 3.43. The van der Waals surface area contributed by atoms with Crippen LogP contribution in [-0.2, 0) is 23.8 Å². The quantitative estimate of drug-likeness (QED) is 0.332. The Morgan fingerprint density at radius 1 is 1.48 bits per heavy atom. The molecule has 2 saturated heterocycles. The topological polar surface area (TPSA) is 65.1 Å². The van der Waals surface area contributed by atoms with E-state index in [2.05, 4.69) is 6.58 Å². The van der Waals surface area contributed by atoms with Gasteiger partial charge in [-0.25, -0.2) is 9.59 Å². The van der Waals surface area contributed by atoms with Gasteiger partial charge in [-0.3, -0.25) is 0 Å². The monoisotopic (exact) mass is 346 g/mol. The highest BCUT2D eigenvalue weighted by Crippen LogP contribution is 2.47. The smallest absolute Gasteiger partial charge is 0.334 e. The summed E-state index contributed by atoms with van der Waals surface area (Å²) >= 11 is 0. The molecular formula is C20H26O5. The third-order valence-electron chi connectivity index (χ3n) is 5.57. The molecule has 3 rings (SSSR count). The lowest BCUT2D eigenvalue weighted by Crippen LogP contribution is -2.37. The highest BCUT2D eigenvalue weighted by molar-refractivity contribution is 5.92. The maximum atomic E-state index is 12.4. The first-order valence-corrected chi connectivity index (χ1v) is 8.84. The molecule has 0 radical (unpaired) electrons. The number of epoxide rings is 1. The summed E-state index contributed by atoms with van der Waals surface area (Å²) in [4.78, 5) is 24.5. The van der Waals surface area contributed by atoms with Crippen molar-refractivity contribution >= 4 is 11.9 Å². The molecule has 136 valence electrons. The summed E-state index contributed by atoms with van der Waals surface area (Å²) in [6.07, 6.45) is 5.23. The summed E-state index contributed by atoms with van der Waals surface area (Å²) < 4.78 is 17.2. The minimum absolute atomic E-state index is 0.155. The summed E-state index contributed by atoms with van der Waals surface area (Å²) in [7, 11) is 0. The van der Waals surface area contributed by atoms with Crippen LogP contribution in [0.15, 0.2) is 35.5 Å². The fourth-order valence-electron chi connectivity index (χ4n) is 3.73. The second-order valence-corrected chi connectivity index (χ2v) is 7.51. The van der Waals surface area contributed by atoms with Gasteiger partial charge in [-0.05, 0) is 46.6 Å². The summed E-state index contributed by atoms with van der Waals surface area (Å²) in [6, 6.07) is 0. The molecule has 25 heavy (non-hydrogen) atoms. The molecule has 3 aliphatic rings. The molecule has 2 heterocycles. The van der Waals surface area contributed by atoms with E-state index in [1.165, 1.54) is 0 Å². The molecule has 0 aromatic carbocycles. The molecule has 0 amide bonds. The van der Waals surface area contributed by atoms with Gasteiger partial charge in [0.25, 0.3) is 0 Å². The van der Waals surface area contributed by atoms with Crippen molar-refractivity contribution < 1.29 is 23.8 Å². The predicted octanol–water partition coefficient (Wildman–Crippen LogP) is 3.25. The Hall–Kier alpha value is -1.88. The van der Waals surface area contributed by atoms with Crippen molar-refractivity contribution in [2.75, 3.05) is 0 Å². The van der Waals surface area contributed by atoms with E-state index in [1.807, 2.05) is 19.9 Å². The van der Waals surface area contributed by atoms with Crippen molar-refractivity contribution in [1.29, 1.82) is 0 Å². The number of hydrogen-bond acceptors (Lipinski definition) is 5. The van der Waals surface area contributed by atoms with Gasteiger partial charge in [-0.2, -0.15) is 0 Å². The third-order valence-corrected chi connectivity index (χ3v) is 5.57. The van der Waals surface area contributed by atoms with Crippen molar-refractivity contribution in [3.63, 3.8) is 0 Å². The highest BCUT2D eigenvalue weighted by Gasteiger charge is 2.56. The average molecular weight is 346 g/mol. The van der Waals surface area contributed by atoms with Gasteiger partial charge in [0, 0.05) is 17.6 Å². The summed E-state index contributed by atoms with van der Waals surface area (Å²) in [5, 5.41) is 0. The van der Waals surface area contributed by atoms with Crippen molar-refractivity contribution in [3.8, 4) is 0 Å². The van der Waals surface area contributed by atoms with Crippen LogP contribution < -0.4 is 0 Å². The lowest BCUT2D eigenvalue weighted by atomic mass is 9.82. The molecule has 0 N–H and O–H groups in total. The Morgan fingerprint density at radius 2 is 2.20 bits per heavy atom. The highest BCUT2D eigenvalue weighted by atomic mass is 16.6. The number of esters is 2. The molecule has 0 aromatic heterocycles. The molecule has 0 saturated carbocycles. The van der Waals surface area contributed by atoms with E-state index in [4.69, 9.17) is 14.2 Å². The lowest BCUT2D eigenvalue weighted by molar-refractivity contribution is -0.148. The maximum absolute atomic E-state index is 12.4. The van der Waals surface area contributed by atoms with Gasteiger partial charge >= 0.3 is 11.9 Å². The van der Waals surface area contributed by atoms with Crippen molar-refractivity contribution in [3.05, 3.63) is 35.5 Å². The summed E-state index contributed by atoms with van der Waals surface area (Å²) in [5.74, 6) is -1.17.